The predicted molar refractivity (Wildman–Crippen MR) is 124 cm³/mol. The monoisotopic (exact) mass is 484 g/mol. The van der Waals surface area contributed by atoms with Gasteiger partial charge in [0, 0.05) is 50.6 Å². The van der Waals surface area contributed by atoms with Crippen LogP contribution in [0.1, 0.15) is 59.3 Å². The number of nitrogens with zero attached hydrogens (tertiary/aromatic N) is 2. The molecule has 34 heavy (non-hydrogen) atoms. The molecule has 0 saturated carbocycles. The molecule has 194 valence electrons. The summed E-state index contributed by atoms with van der Waals surface area (Å²) in [7, 11) is 0. The van der Waals surface area contributed by atoms with Crippen LogP contribution in [-0.4, -0.2) is 72.9 Å². The fourth-order valence-electron chi connectivity index (χ4n) is 4.35. The van der Waals surface area contributed by atoms with Gasteiger partial charge < -0.3 is 31.8 Å². The second-order valence-corrected chi connectivity index (χ2v) is 10.1. The van der Waals surface area contributed by atoms with Crippen LogP contribution in [0.15, 0.2) is 0 Å². The van der Waals surface area contributed by atoms with E-state index in [1.165, 1.54) is 10.1 Å². The molecule has 2 aliphatic rings. The Morgan fingerprint density at radius 1 is 0.853 bits per heavy atom. The normalized spacial score (nSPS) is 19.7. The standard InChI is InChI=1S/C22H40N6O6/c1-22(2,3)17(26-19(30)16-8-13-28(14-9-16)34-21(24)32)5-4-10-25-18(29)15-6-11-27(12-7-15)33-20(23)31/h15-17H,4-14H2,1-3H3,(H2,23,31)(H2,24,32)(H,25,29)(H,26,30). The summed E-state index contributed by atoms with van der Waals surface area (Å²) in [6, 6.07) is -0.0361. The van der Waals surface area contributed by atoms with E-state index < -0.39 is 12.2 Å². The highest BCUT2D eigenvalue weighted by Gasteiger charge is 2.32. The molecule has 0 aromatic rings. The van der Waals surface area contributed by atoms with Gasteiger partial charge in [0.2, 0.25) is 11.8 Å². The third-order valence-corrected chi connectivity index (χ3v) is 6.42. The van der Waals surface area contributed by atoms with E-state index >= 15 is 0 Å². The van der Waals surface area contributed by atoms with Crippen LogP contribution >= 0.6 is 0 Å². The highest BCUT2D eigenvalue weighted by molar-refractivity contribution is 5.79. The van der Waals surface area contributed by atoms with Gasteiger partial charge in [0.15, 0.2) is 0 Å². The molecule has 2 rings (SSSR count). The maximum atomic E-state index is 12.8. The van der Waals surface area contributed by atoms with Crippen molar-refractivity contribution < 1.29 is 28.9 Å². The summed E-state index contributed by atoms with van der Waals surface area (Å²) in [6.45, 7) is 8.69. The molecule has 12 nitrogen and oxygen atoms in total. The minimum absolute atomic E-state index is 0.00000823. The predicted octanol–water partition coefficient (Wildman–Crippen LogP) is 0.858. The van der Waals surface area contributed by atoms with Crippen LogP contribution in [0.3, 0.4) is 0 Å². The van der Waals surface area contributed by atoms with Gasteiger partial charge in [0.05, 0.1) is 0 Å². The number of amides is 4. The smallest absolute Gasteiger partial charge is 0.356 e. The molecule has 0 aromatic carbocycles. The van der Waals surface area contributed by atoms with Crippen LogP contribution in [-0.2, 0) is 19.3 Å². The molecule has 0 aliphatic carbocycles. The zero-order valence-corrected chi connectivity index (χ0v) is 20.5. The number of nitrogens with two attached hydrogens (primary N) is 2. The summed E-state index contributed by atoms with van der Waals surface area (Å²) in [5, 5.41) is 9.16. The van der Waals surface area contributed by atoms with Gasteiger partial charge in [-0.05, 0) is 43.9 Å². The van der Waals surface area contributed by atoms with E-state index in [1.807, 2.05) is 0 Å². The van der Waals surface area contributed by atoms with Crippen LogP contribution in [0.5, 0.6) is 0 Å². The van der Waals surface area contributed by atoms with Crippen molar-refractivity contribution in [1.82, 2.24) is 20.8 Å². The lowest BCUT2D eigenvalue weighted by Crippen LogP contribution is -2.48. The van der Waals surface area contributed by atoms with Crippen molar-refractivity contribution in [1.29, 1.82) is 0 Å². The SMILES string of the molecule is CC(C)(C)C(CCCNC(=O)C1CCN(OC(N)=O)CC1)NC(=O)C1CCN(OC(N)=O)CC1. The molecule has 4 amide bonds. The number of piperidine rings is 2. The molecule has 0 aromatic heterocycles. The molecule has 2 fully saturated rings. The molecule has 2 saturated heterocycles. The lowest BCUT2D eigenvalue weighted by Gasteiger charge is -2.35. The van der Waals surface area contributed by atoms with E-state index in [0.29, 0.717) is 58.4 Å². The molecule has 0 bridgehead atoms. The molecule has 2 heterocycles. The third kappa shape index (κ3) is 9.34. The molecule has 0 spiro atoms. The van der Waals surface area contributed by atoms with Gasteiger partial charge in [0.25, 0.3) is 0 Å². The summed E-state index contributed by atoms with van der Waals surface area (Å²) in [4.78, 5) is 56.7. The van der Waals surface area contributed by atoms with Gasteiger partial charge in [0.1, 0.15) is 0 Å². The van der Waals surface area contributed by atoms with E-state index in [4.69, 9.17) is 21.1 Å². The summed E-state index contributed by atoms with van der Waals surface area (Å²) in [5.41, 5.74) is 9.92. The quantitative estimate of drug-likeness (QED) is 0.349. The number of primary amides is 2. The molecule has 6 N–H and O–H groups in total. The van der Waals surface area contributed by atoms with Crippen molar-refractivity contribution in [3.8, 4) is 0 Å². The zero-order valence-electron chi connectivity index (χ0n) is 20.5. The van der Waals surface area contributed by atoms with Crippen LogP contribution in [0, 0.1) is 17.3 Å². The Hall–Kier alpha value is -2.60. The number of rotatable bonds is 9. The second-order valence-electron chi connectivity index (χ2n) is 10.1. The molecule has 12 heteroatoms. The van der Waals surface area contributed by atoms with E-state index in [1.54, 1.807) is 0 Å². The molecular formula is C22H40N6O6. The Balaban J connectivity index is 1.71. The fourth-order valence-corrected chi connectivity index (χ4v) is 4.35. The summed E-state index contributed by atoms with van der Waals surface area (Å²) in [6.07, 6.45) is 2.18. The molecule has 0 radical (unpaired) electrons. The Morgan fingerprint density at radius 3 is 1.71 bits per heavy atom. The highest BCUT2D eigenvalue weighted by Crippen LogP contribution is 2.25. The summed E-state index contributed by atoms with van der Waals surface area (Å²) < 4.78 is 0. The molecule has 1 atom stereocenters. The number of hydrogen-bond acceptors (Lipinski definition) is 8. The number of hydrogen-bond donors (Lipinski definition) is 4. The minimum atomic E-state index is -0.842. The minimum Gasteiger partial charge on any atom is -0.356 e. The Labute approximate surface area is 200 Å². The molecule has 2 aliphatic heterocycles. The van der Waals surface area contributed by atoms with Crippen molar-refractivity contribution in [3.05, 3.63) is 0 Å². The first-order chi connectivity index (χ1) is 16.0. The topological polar surface area (TPSA) is 169 Å². The van der Waals surface area contributed by atoms with Gasteiger partial charge >= 0.3 is 12.2 Å². The molecule has 1 unspecified atom stereocenters. The first-order valence-corrected chi connectivity index (χ1v) is 12.0. The van der Waals surface area contributed by atoms with Crippen molar-refractivity contribution in [2.24, 2.45) is 28.7 Å². The first-order valence-electron chi connectivity index (χ1n) is 12.0. The van der Waals surface area contributed by atoms with Crippen molar-refractivity contribution in [2.45, 2.75) is 65.3 Å². The summed E-state index contributed by atoms with van der Waals surface area (Å²) in [5.74, 6) is -0.246. The van der Waals surface area contributed by atoms with Crippen LogP contribution < -0.4 is 22.1 Å². The average Bonchev–Trinajstić information content (AvgIpc) is 2.75. The molecular weight excluding hydrogens is 444 g/mol. The number of carbonyl (C=O) groups excluding carboxylic acids is 4. The number of hydroxylamine groups is 4. The lowest BCUT2D eigenvalue weighted by molar-refractivity contribution is -0.138. The van der Waals surface area contributed by atoms with E-state index in [0.717, 1.165) is 12.8 Å². The van der Waals surface area contributed by atoms with Crippen LogP contribution in [0.2, 0.25) is 0 Å². The van der Waals surface area contributed by atoms with E-state index in [9.17, 15) is 19.2 Å². The van der Waals surface area contributed by atoms with Crippen LogP contribution in [0.25, 0.3) is 0 Å². The largest absolute Gasteiger partial charge is 0.423 e. The number of carbonyl (C=O) groups is 4. The van der Waals surface area contributed by atoms with Crippen molar-refractivity contribution in [3.63, 3.8) is 0 Å². The van der Waals surface area contributed by atoms with Crippen LogP contribution in [0.4, 0.5) is 9.59 Å². The summed E-state index contributed by atoms with van der Waals surface area (Å²) >= 11 is 0. The first kappa shape index (κ1) is 27.6. The Kier molecular flexibility index (Phi) is 10.4. The Morgan fingerprint density at radius 2 is 1.29 bits per heavy atom. The van der Waals surface area contributed by atoms with Gasteiger partial charge in [-0.25, -0.2) is 9.59 Å². The van der Waals surface area contributed by atoms with Gasteiger partial charge in [-0.15, -0.1) is 10.1 Å². The van der Waals surface area contributed by atoms with Gasteiger partial charge in [-0.2, -0.15) is 0 Å². The maximum absolute atomic E-state index is 12.8. The van der Waals surface area contributed by atoms with E-state index in [-0.39, 0.29) is 35.1 Å². The maximum Gasteiger partial charge on any atom is 0.423 e. The van der Waals surface area contributed by atoms with Crippen molar-refractivity contribution in [2.75, 3.05) is 32.7 Å². The van der Waals surface area contributed by atoms with Gasteiger partial charge in [-0.3, -0.25) is 9.59 Å². The average molecular weight is 485 g/mol. The van der Waals surface area contributed by atoms with Gasteiger partial charge in [-0.1, -0.05) is 20.8 Å². The fraction of sp³-hybridized carbons (Fsp3) is 0.818. The highest BCUT2D eigenvalue weighted by atomic mass is 16.7. The number of nitrogens with one attached hydrogen (secondary N) is 2. The Bertz CT molecular complexity index is 711. The zero-order chi connectivity index (χ0) is 25.3. The second kappa shape index (κ2) is 12.7. The lowest BCUT2D eigenvalue weighted by atomic mass is 9.83. The van der Waals surface area contributed by atoms with Crippen molar-refractivity contribution >= 4 is 24.0 Å². The van der Waals surface area contributed by atoms with E-state index in [2.05, 4.69) is 31.4 Å². The third-order valence-electron chi connectivity index (χ3n) is 6.42.